The first kappa shape index (κ1) is 33.9. The van der Waals surface area contributed by atoms with Crippen molar-refractivity contribution in [1.29, 1.82) is 0 Å². The quantitative estimate of drug-likeness (QED) is 0.169. The van der Waals surface area contributed by atoms with Crippen molar-refractivity contribution >= 4 is 51.6 Å². The molecule has 2 aliphatic carbocycles. The van der Waals surface area contributed by atoms with Crippen LogP contribution in [0.2, 0.25) is 0 Å². The molecule has 0 spiro atoms. The number of nitrogens with zero attached hydrogens (tertiary/aromatic N) is 2. The molecule has 0 bridgehead atoms. The van der Waals surface area contributed by atoms with E-state index in [4.69, 9.17) is 0 Å². The monoisotopic (exact) mass is 642 g/mol. The van der Waals surface area contributed by atoms with E-state index < -0.39 is 11.5 Å². The first-order valence-electron chi connectivity index (χ1n) is 16.6. The van der Waals surface area contributed by atoms with Crippen molar-refractivity contribution in [3.8, 4) is 0 Å². The third-order valence-corrected chi connectivity index (χ3v) is 8.30. The highest BCUT2D eigenvalue weighted by atomic mass is 16.3. The van der Waals surface area contributed by atoms with E-state index in [1.54, 1.807) is 12.1 Å². The fourth-order valence-electron chi connectivity index (χ4n) is 5.97. The van der Waals surface area contributed by atoms with Gasteiger partial charge in [0.2, 0.25) is 23.2 Å². The van der Waals surface area contributed by atoms with Crippen LogP contribution in [0.3, 0.4) is 0 Å². The molecule has 0 aromatic heterocycles. The van der Waals surface area contributed by atoms with E-state index in [9.17, 15) is 19.5 Å². The molecule has 8 nitrogen and oxygen atoms in total. The Hall–Kier alpha value is -5.50. The summed E-state index contributed by atoms with van der Waals surface area (Å²) < 4.78 is 2.16. The Bertz CT molecular complexity index is 1870. The molecule has 0 heterocycles. The molecule has 0 aliphatic heterocycles. The van der Waals surface area contributed by atoms with Gasteiger partial charge in [-0.3, -0.25) is 14.4 Å². The van der Waals surface area contributed by atoms with E-state index in [0.29, 0.717) is 22.5 Å². The number of allylic oxidation sites excluding steroid dienone is 5. The van der Waals surface area contributed by atoms with Crippen LogP contribution in [0.5, 0.6) is 0 Å². The van der Waals surface area contributed by atoms with Crippen molar-refractivity contribution in [2.75, 3.05) is 23.3 Å². The minimum atomic E-state index is -0.435. The van der Waals surface area contributed by atoms with Gasteiger partial charge in [-0.1, -0.05) is 74.9 Å². The summed E-state index contributed by atoms with van der Waals surface area (Å²) in [7, 11) is 0. The first-order valence-corrected chi connectivity index (χ1v) is 16.6. The number of para-hydroxylation sites is 2. The summed E-state index contributed by atoms with van der Waals surface area (Å²) in [6.07, 6.45) is 9.34. The number of carbonyl (C=O) groups excluding carboxylic acids is 3. The van der Waals surface area contributed by atoms with Crippen LogP contribution in [0.4, 0.5) is 22.7 Å². The molecule has 2 amide bonds. The number of rotatable bonds is 12. The molecule has 246 valence electrons. The molecule has 0 unspecified atom stereocenters. The average molecular weight is 643 g/mol. The van der Waals surface area contributed by atoms with Gasteiger partial charge in [0.1, 0.15) is 6.54 Å². The molecule has 8 heteroatoms. The second-order valence-electron chi connectivity index (χ2n) is 11.9. The lowest BCUT2D eigenvalue weighted by atomic mass is 9.78. The summed E-state index contributed by atoms with van der Waals surface area (Å²) in [6.45, 7) is 8.57. The molecular weight excluding hydrogens is 600 g/mol. The van der Waals surface area contributed by atoms with E-state index in [1.165, 1.54) is 13.8 Å². The highest BCUT2D eigenvalue weighted by Crippen LogP contribution is 2.42. The molecule has 48 heavy (non-hydrogen) atoms. The van der Waals surface area contributed by atoms with Crippen LogP contribution in [0.15, 0.2) is 120 Å². The highest BCUT2D eigenvalue weighted by molar-refractivity contribution is 6.40. The van der Waals surface area contributed by atoms with Crippen molar-refractivity contribution in [2.24, 2.45) is 0 Å². The zero-order chi connectivity index (χ0) is 34.2. The van der Waals surface area contributed by atoms with Crippen molar-refractivity contribution in [2.45, 2.75) is 53.4 Å². The molecule has 0 atom stereocenters. The van der Waals surface area contributed by atoms with Gasteiger partial charge in [-0.15, -0.1) is 0 Å². The highest BCUT2D eigenvalue weighted by Gasteiger charge is 2.34. The Balaban J connectivity index is 1.59. The molecule has 0 saturated carbocycles. The van der Waals surface area contributed by atoms with Gasteiger partial charge in [-0.05, 0) is 36.8 Å². The second-order valence-corrected chi connectivity index (χ2v) is 11.9. The SMILES string of the molecule is CCCCN(c1ccccc1)c1ccc(C2=C([O-])/C(=C3\C=CC(=[N+](CCCC)c4ccccc4)C=C3NC(C)=O)C2=O)c(NC(C)=O)c1. The van der Waals surface area contributed by atoms with E-state index in [1.807, 2.05) is 84.9 Å². The van der Waals surface area contributed by atoms with Gasteiger partial charge in [-0.2, -0.15) is 4.58 Å². The number of hydrogen-bond donors (Lipinski definition) is 2. The largest absolute Gasteiger partial charge is 0.871 e. The molecule has 5 rings (SSSR count). The van der Waals surface area contributed by atoms with Gasteiger partial charge in [0.15, 0.2) is 5.78 Å². The molecule has 3 aromatic carbocycles. The summed E-state index contributed by atoms with van der Waals surface area (Å²) in [5.41, 5.74) is 5.19. The van der Waals surface area contributed by atoms with Crippen LogP contribution in [0.25, 0.3) is 5.57 Å². The topological polar surface area (TPSA) is 105 Å². The van der Waals surface area contributed by atoms with Gasteiger partial charge >= 0.3 is 0 Å². The summed E-state index contributed by atoms with van der Waals surface area (Å²) >= 11 is 0. The number of hydrogen-bond acceptors (Lipinski definition) is 5. The number of ketones is 1. The predicted octanol–water partition coefficient (Wildman–Crippen LogP) is 6.71. The van der Waals surface area contributed by atoms with Crippen LogP contribution in [0, 0.1) is 0 Å². The molecule has 2 aliphatic rings. The van der Waals surface area contributed by atoms with Gasteiger partial charge in [0.05, 0.1) is 11.4 Å². The van der Waals surface area contributed by atoms with Crippen molar-refractivity contribution in [3.05, 3.63) is 125 Å². The fraction of sp³-hybridized carbons (Fsp3) is 0.250. The summed E-state index contributed by atoms with van der Waals surface area (Å²) in [4.78, 5) is 40.7. The number of anilines is 3. The number of benzene rings is 3. The Morgan fingerprint density at radius 3 is 2.08 bits per heavy atom. The zero-order valence-corrected chi connectivity index (χ0v) is 28.0. The van der Waals surface area contributed by atoms with Crippen molar-refractivity contribution in [1.82, 2.24) is 5.32 Å². The third-order valence-electron chi connectivity index (χ3n) is 8.30. The van der Waals surface area contributed by atoms with Gasteiger partial charge in [-0.25, -0.2) is 0 Å². The van der Waals surface area contributed by atoms with Crippen molar-refractivity contribution < 1.29 is 24.1 Å². The van der Waals surface area contributed by atoms with E-state index in [0.717, 1.165) is 61.5 Å². The minimum absolute atomic E-state index is 0.00632. The average Bonchev–Trinajstić information content (AvgIpc) is 3.07. The minimum Gasteiger partial charge on any atom is -0.871 e. The van der Waals surface area contributed by atoms with Crippen LogP contribution in [-0.2, 0) is 14.4 Å². The third kappa shape index (κ3) is 7.39. The fourth-order valence-corrected chi connectivity index (χ4v) is 5.97. The number of carbonyl (C=O) groups is 3. The predicted molar refractivity (Wildman–Crippen MR) is 190 cm³/mol. The maximum Gasteiger partial charge on any atom is 0.221 e. The smallest absolute Gasteiger partial charge is 0.221 e. The van der Waals surface area contributed by atoms with Crippen molar-refractivity contribution in [3.63, 3.8) is 0 Å². The standard InChI is InChI=1S/C40H42N4O4/c1-5-7-23-43(29-15-11-9-12-16-29)31-19-21-33(35(25-31)41-27(3)45)37-39(47)38(40(37)48)34-22-20-32(26-36(34)42-28(4)46)44(24-8-6-2)30-17-13-10-14-18-30/h9-22,25-26H,5-8,23-24H2,1-4H3,(H2,41,42,45,46,47,48). The van der Waals surface area contributed by atoms with E-state index in [2.05, 4.69) is 34.0 Å². The summed E-state index contributed by atoms with van der Waals surface area (Å²) in [6, 6.07) is 25.3. The van der Waals surface area contributed by atoms with Crippen LogP contribution >= 0.6 is 0 Å². The Morgan fingerprint density at radius 1 is 0.792 bits per heavy atom. The van der Waals surface area contributed by atoms with Crippen LogP contribution in [0.1, 0.15) is 58.9 Å². The number of Topliss-reactive ketones (excluding diaryl/α,β-unsaturated/α-hetero) is 1. The molecule has 3 aromatic rings. The van der Waals surface area contributed by atoms with Crippen LogP contribution < -0.4 is 20.6 Å². The summed E-state index contributed by atoms with van der Waals surface area (Å²) in [5, 5.41) is 19.6. The normalized spacial score (nSPS) is 16.7. The van der Waals surface area contributed by atoms with Gasteiger partial charge in [0, 0.05) is 84.8 Å². The Morgan fingerprint density at radius 2 is 1.46 bits per heavy atom. The molecular formula is C40H42N4O4. The van der Waals surface area contributed by atoms with E-state index >= 15 is 0 Å². The second kappa shape index (κ2) is 15.4. The summed E-state index contributed by atoms with van der Waals surface area (Å²) in [5.74, 6) is -1.50. The lowest BCUT2D eigenvalue weighted by molar-refractivity contribution is -0.439. The zero-order valence-electron chi connectivity index (χ0n) is 28.0. The maximum atomic E-state index is 13.9. The lowest BCUT2D eigenvalue weighted by Crippen LogP contribution is -2.33. The first-order chi connectivity index (χ1) is 23.2. The van der Waals surface area contributed by atoms with Gasteiger partial charge < -0.3 is 20.6 Å². The Kier molecular flexibility index (Phi) is 10.9. The number of nitrogens with one attached hydrogen (secondary N) is 2. The number of amides is 2. The molecule has 0 radical (unpaired) electrons. The van der Waals surface area contributed by atoms with Crippen LogP contribution in [-0.4, -0.2) is 41.0 Å². The molecule has 2 N–H and O–H groups in total. The molecule has 0 fully saturated rings. The number of unbranched alkanes of at least 4 members (excludes halogenated alkanes) is 2. The lowest BCUT2D eigenvalue weighted by Gasteiger charge is -2.34. The maximum absolute atomic E-state index is 13.9. The molecule has 0 saturated heterocycles. The Labute approximate surface area is 282 Å². The van der Waals surface area contributed by atoms with Gasteiger partial charge in [0.25, 0.3) is 0 Å². The van der Waals surface area contributed by atoms with E-state index in [-0.39, 0.29) is 23.0 Å².